The fraction of sp³-hybridized carbons (Fsp3) is 0.318. The summed E-state index contributed by atoms with van der Waals surface area (Å²) in [5.41, 5.74) is 0.794. The van der Waals surface area contributed by atoms with Gasteiger partial charge in [0.1, 0.15) is 17.6 Å². The Morgan fingerprint density at radius 3 is 2.43 bits per heavy atom. The first kappa shape index (κ1) is 21.2. The van der Waals surface area contributed by atoms with Crippen LogP contribution in [-0.2, 0) is 16.0 Å². The van der Waals surface area contributed by atoms with Crippen molar-refractivity contribution < 1.29 is 14.7 Å². The summed E-state index contributed by atoms with van der Waals surface area (Å²) in [4.78, 5) is 37.9. The van der Waals surface area contributed by atoms with E-state index in [-0.39, 0.29) is 12.3 Å². The van der Waals surface area contributed by atoms with Crippen LogP contribution in [0, 0.1) is 5.92 Å². The predicted molar refractivity (Wildman–Crippen MR) is 112 cm³/mol. The molecule has 3 atom stereocenters. The molecule has 1 aromatic heterocycles. The van der Waals surface area contributed by atoms with Gasteiger partial charge in [0, 0.05) is 6.42 Å². The Morgan fingerprint density at radius 1 is 1.10 bits per heavy atom. The van der Waals surface area contributed by atoms with Crippen LogP contribution in [-0.4, -0.2) is 38.0 Å². The lowest BCUT2D eigenvalue weighted by Crippen LogP contribution is -2.49. The monoisotopic (exact) mass is 408 g/mol. The molecule has 2 N–H and O–H groups in total. The summed E-state index contributed by atoms with van der Waals surface area (Å²) in [7, 11) is 0. The number of aromatic nitrogens is 3. The van der Waals surface area contributed by atoms with Crippen molar-refractivity contribution in [1.82, 2.24) is 20.3 Å². The number of nitrogens with one attached hydrogen (secondary N) is 1. The van der Waals surface area contributed by atoms with E-state index < -0.39 is 29.5 Å². The molecule has 2 aromatic carbocycles. The number of amides is 1. The van der Waals surface area contributed by atoms with Crippen LogP contribution in [0.4, 0.5) is 0 Å². The van der Waals surface area contributed by atoms with Crippen LogP contribution in [0.2, 0.25) is 0 Å². The highest BCUT2D eigenvalue weighted by molar-refractivity contribution is 5.86. The van der Waals surface area contributed by atoms with Gasteiger partial charge in [0.2, 0.25) is 5.91 Å². The molecule has 0 spiro atoms. The van der Waals surface area contributed by atoms with Gasteiger partial charge in [-0.2, -0.15) is 4.68 Å². The van der Waals surface area contributed by atoms with Gasteiger partial charge in [-0.1, -0.05) is 67.9 Å². The maximum absolute atomic E-state index is 13.2. The summed E-state index contributed by atoms with van der Waals surface area (Å²) >= 11 is 0. The number of nitrogens with zero attached hydrogens (tertiary/aromatic N) is 3. The van der Waals surface area contributed by atoms with Crippen LogP contribution in [0.1, 0.15) is 31.9 Å². The van der Waals surface area contributed by atoms with Crippen molar-refractivity contribution in [2.75, 3.05) is 0 Å². The molecule has 3 rings (SSSR count). The Balaban J connectivity index is 2.03. The van der Waals surface area contributed by atoms with Crippen molar-refractivity contribution in [3.8, 4) is 0 Å². The van der Waals surface area contributed by atoms with Gasteiger partial charge in [0.25, 0.3) is 5.56 Å². The summed E-state index contributed by atoms with van der Waals surface area (Å²) in [6, 6.07) is 13.8. The van der Waals surface area contributed by atoms with Crippen LogP contribution in [0.15, 0.2) is 59.4 Å². The van der Waals surface area contributed by atoms with Crippen LogP contribution in [0.25, 0.3) is 10.9 Å². The molecule has 0 aliphatic rings. The molecule has 156 valence electrons. The number of hydrogen-bond donors (Lipinski definition) is 2. The molecule has 0 aliphatic carbocycles. The second kappa shape index (κ2) is 9.30. The highest BCUT2D eigenvalue weighted by atomic mass is 16.4. The summed E-state index contributed by atoms with van der Waals surface area (Å²) in [5, 5.41) is 20.5. The first-order valence-electron chi connectivity index (χ1n) is 9.83. The van der Waals surface area contributed by atoms with Crippen molar-refractivity contribution in [3.05, 3.63) is 70.5 Å². The minimum Gasteiger partial charge on any atom is -0.480 e. The number of carboxylic acid groups (broad SMARTS) is 1. The Morgan fingerprint density at radius 2 is 1.77 bits per heavy atom. The lowest BCUT2D eigenvalue weighted by Gasteiger charge is -2.24. The van der Waals surface area contributed by atoms with E-state index >= 15 is 0 Å². The quantitative estimate of drug-likeness (QED) is 0.591. The van der Waals surface area contributed by atoms with Crippen molar-refractivity contribution in [1.29, 1.82) is 0 Å². The molecule has 3 aromatic rings. The molecule has 0 fully saturated rings. The summed E-state index contributed by atoms with van der Waals surface area (Å²) in [5.74, 6) is -1.98. The maximum atomic E-state index is 13.2. The molecule has 0 saturated heterocycles. The molecule has 0 unspecified atom stereocenters. The van der Waals surface area contributed by atoms with Gasteiger partial charge in [-0.25, -0.2) is 4.79 Å². The molecule has 1 amide bonds. The molecule has 0 bridgehead atoms. The topological polar surface area (TPSA) is 114 Å². The SMILES string of the molecule is CC[C@@H](C)[C@H](NC(=O)[C@H](Cc1ccccc1)n1nnc2ccccc2c1=O)C(=O)O. The maximum Gasteiger partial charge on any atom is 0.326 e. The van der Waals surface area contributed by atoms with Gasteiger partial charge in [-0.15, -0.1) is 5.10 Å². The predicted octanol–water partition coefficient (Wildman–Crippen LogP) is 2.19. The first-order valence-corrected chi connectivity index (χ1v) is 9.83. The molecule has 8 heteroatoms. The van der Waals surface area contributed by atoms with E-state index in [2.05, 4.69) is 15.6 Å². The zero-order valence-corrected chi connectivity index (χ0v) is 16.9. The van der Waals surface area contributed by atoms with Crippen molar-refractivity contribution in [3.63, 3.8) is 0 Å². The number of fused-ring (bicyclic) bond motifs is 1. The minimum absolute atomic E-state index is 0.173. The Hall–Kier alpha value is -3.55. The van der Waals surface area contributed by atoms with Crippen molar-refractivity contribution >= 4 is 22.8 Å². The van der Waals surface area contributed by atoms with E-state index in [1.165, 1.54) is 0 Å². The molecule has 1 heterocycles. The molecule has 8 nitrogen and oxygen atoms in total. The number of carboxylic acids is 1. The zero-order chi connectivity index (χ0) is 21.7. The number of carbonyl (C=O) groups excluding carboxylic acids is 1. The standard InChI is InChI=1S/C22H24N4O4/c1-3-14(2)19(22(29)30)23-20(27)18(13-15-9-5-4-6-10-15)26-21(28)16-11-7-8-12-17(16)24-25-26/h4-12,14,18-19H,3,13H2,1-2H3,(H,23,27)(H,29,30)/t14-,18+,19+/m1/s1. The van der Waals surface area contributed by atoms with E-state index in [1.807, 2.05) is 37.3 Å². The summed E-state index contributed by atoms with van der Waals surface area (Å²) < 4.78 is 1.04. The van der Waals surface area contributed by atoms with E-state index in [0.717, 1.165) is 10.2 Å². The van der Waals surface area contributed by atoms with Gasteiger partial charge in [0.05, 0.1) is 5.39 Å². The minimum atomic E-state index is -1.12. The average Bonchev–Trinajstić information content (AvgIpc) is 2.76. The van der Waals surface area contributed by atoms with Crippen LogP contribution < -0.4 is 10.9 Å². The first-order chi connectivity index (χ1) is 14.4. The molecular formula is C22H24N4O4. The number of aliphatic carboxylic acids is 1. The fourth-order valence-corrected chi connectivity index (χ4v) is 3.27. The normalized spacial score (nSPS) is 14.1. The third-order valence-electron chi connectivity index (χ3n) is 5.24. The highest BCUT2D eigenvalue weighted by Crippen LogP contribution is 2.16. The van der Waals surface area contributed by atoms with Gasteiger partial charge in [0.15, 0.2) is 0 Å². The Labute approximate surface area is 173 Å². The van der Waals surface area contributed by atoms with Gasteiger partial charge in [-0.3, -0.25) is 9.59 Å². The Bertz CT molecular complexity index is 1100. The number of hydrogen-bond acceptors (Lipinski definition) is 5. The molecular weight excluding hydrogens is 384 g/mol. The smallest absolute Gasteiger partial charge is 0.326 e. The third-order valence-corrected chi connectivity index (χ3v) is 5.24. The largest absolute Gasteiger partial charge is 0.480 e. The number of rotatable bonds is 8. The second-order valence-electron chi connectivity index (χ2n) is 7.27. The van der Waals surface area contributed by atoms with Crippen LogP contribution in [0.5, 0.6) is 0 Å². The van der Waals surface area contributed by atoms with E-state index in [4.69, 9.17) is 0 Å². The lowest BCUT2D eigenvalue weighted by molar-refractivity contribution is -0.144. The van der Waals surface area contributed by atoms with E-state index in [0.29, 0.717) is 17.3 Å². The van der Waals surface area contributed by atoms with Gasteiger partial charge in [-0.05, 0) is 23.6 Å². The average molecular weight is 408 g/mol. The lowest BCUT2D eigenvalue weighted by atomic mass is 9.98. The molecule has 30 heavy (non-hydrogen) atoms. The van der Waals surface area contributed by atoms with E-state index in [1.54, 1.807) is 31.2 Å². The van der Waals surface area contributed by atoms with Gasteiger partial charge >= 0.3 is 5.97 Å². The Kier molecular flexibility index (Phi) is 6.56. The zero-order valence-electron chi connectivity index (χ0n) is 16.9. The molecule has 0 aliphatic heterocycles. The van der Waals surface area contributed by atoms with Gasteiger partial charge < -0.3 is 10.4 Å². The fourth-order valence-electron chi connectivity index (χ4n) is 3.27. The number of carbonyl (C=O) groups is 2. The van der Waals surface area contributed by atoms with Crippen molar-refractivity contribution in [2.24, 2.45) is 5.92 Å². The summed E-state index contributed by atoms with van der Waals surface area (Å²) in [6.07, 6.45) is 0.753. The highest BCUT2D eigenvalue weighted by Gasteiger charge is 2.31. The van der Waals surface area contributed by atoms with Crippen LogP contribution in [0.3, 0.4) is 0 Å². The van der Waals surface area contributed by atoms with E-state index in [9.17, 15) is 19.5 Å². The molecule has 0 saturated carbocycles. The molecule has 0 radical (unpaired) electrons. The number of benzene rings is 2. The third kappa shape index (κ3) is 4.53. The van der Waals surface area contributed by atoms with Crippen molar-refractivity contribution in [2.45, 2.75) is 38.8 Å². The van der Waals surface area contributed by atoms with Crippen LogP contribution >= 0.6 is 0 Å². The summed E-state index contributed by atoms with van der Waals surface area (Å²) in [6.45, 7) is 3.61. The second-order valence-corrected chi connectivity index (χ2v) is 7.27.